The largest absolute Gasteiger partial charge is 0.355 e. The van der Waals surface area contributed by atoms with Gasteiger partial charge in [-0.2, -0.15) is 0 Å². The number of fused-ring (bicyclic) bond motifs is 1. The number of carbonyl (C=O) groups is 1. The van der Waals surface area contributed by atoms with Crippen LogP contribution in [0.2, 0.25) is 0 Å². The number of benzene rings is 1. The summed E-state index contributed by atoms with van der Waals surface area (Å²) in [6, 6.07) is 9.19. The van der Waals surface area contributed by atoms with Crippen molar-refractivity contribution < 1.29 is 13.6 Å². The van der Waals surface area contributed by atoms with E-state index in [9.17, 15) is 13.6 Å². The fourth-order valence-electron chi connectivity index (χ4n) is 2.14. The molecule has 5 nitrogen and oxygen atoms in total. The van der Waals surface area contributed by atoms with Crippen molar-refractivity contribution in [3.63, 3.8) is 0 Å². The maximum absolute atomic E-state index is 13.1. The molecule has 0 saturated heterocycles. The van der Waals surface area contributed by atoms with Crippen molar-refractivity contribution in [2.75, 3.05) is 12.3 Å². The van der Waals surface area contributed by atoms with E-state index >= 15 is 0 Å². The Hall–Kier alpha value is -2.48. The normalized spacial score (nSPS) is 10.9. The highest BCUT2D eigenvalue weighted by Gasteiger charge is 2.08. The van der Waals surface area contributed by atoms with E-state index in [1.54, 1.807) is 0 Å². The number of pyridine rings is 1. The third-order valence-electron chi connectivity index (χ3n) is 3.32. The Morgan fingerprint density at radius 3 is 2.88 bits per heavy atom. The molecule has 1 amide bonds. The Balaban J connectivity index is 1.46. The van der Waals surface area contributed by atoms with Gasteiger partial charge in [0.15, 0.2) is 17.3 Å². The number of hydrogen-bond acceptors (Lipinski definition) is 4. The summed E-state index contributed by atoms with van der Waals surface area (Å²) < 4.78 is 27.8. The minimum Gasteiger partial charge on any atom is -0.355 e. The molecular formula is C16H14F2N4OS. The fourth-order valence-corrected chi connectivity index (χ4v) is 2.89. The summed E-state index contributed by atoms with van der Waals surface area (Å²) in [6.45, 7) is 0.423. The lowest BCUT2D eigenvalue weighted by Crippen LogP contribution is -2.27. The Kier molecular flexibility index (Phi) is 5.05. The van der Waals surface area contributed by atoms with Crippen molar-refractivity contribution in [2.24, 2.45) is 0 Å². The molecule has 3 rings (SSSR count). The summed E-state index contributed by atoms with van der Waals surface area (Å²) >= 11 is 1.15. The molecule has 2 aromatic heterocycles. The number of amides is 1. The second-order valence-electron chi connectivity index (χ2n) is 5.01. The molecule has 1 aromatic carbocycles. The van der Waals surface area contributed by atoms with E-state index in [1.807, 2.05) is 28.8 Å². The van der Waals surface area contributed by atoms with Crippen molar-refractivity contribution in [3.05, 3.63) is 60.1 Å². The maximum Gasteiger partial charge on any atom is 0.230 e. The zero-order valence-corrected chi connectivity index (χ0v) is 13.4. The molecule has 3 aromatic rings. The molecule has 8 heteroatoms. The molecule has 0 unspecified atom stereocenters. The number of hydrogen-bond donors (Lipinski definition) is 1. The first-order chi connectivity index (χ1) is 11.6. The Bertz CT molecular complexity index is 868. The van der Waals surface area contributed by atoms with Crippen LogP contribution in [0.5, 0.6) is 0 Å². The van der Waals surface area contributed by atoms with Gasteiger partial charge in [-0.25, -0.2) is 8.78 Å². The number of thioether (sulfide) groups is 1. The van der Waals surface area contributed by atoms with E-state index < -0.39 is 11.6 Å². The van der Waals surface area contributed by atoms with Crippen LogP contribution in [0.1, 0.15) is 5.82 Å². The third kappa shape index (κ3) is 3.88. The van der Waals surface area contributed by atoms with Crippen molar-refractivity contribution >= 4 is 23.3 Å². The molecule has 0 spiro atoms. The summed E-state index contributed by atoms with van der Waals surface area (Å²) in [5.74, 6) is -1.10. The lowest BCUT2D eigenvalue weighted by atomic mass is 10.3. The van der Waals surface area contributed by atoms with Crippen molar-refractivity contribution in [1.29, 1.82) is 0 Å². The van der Waals surface area contributed by atoms with E-state index in [4.69, 9.17) is 0 Å². The van der Waals surface area contributed by atoms with E-state index in [0.29, 0.717) is 17.9 Å². The van der Waals surface area contributed by atoms with Gasteiger partial charge >= 0.3 is 0 Å². The molecule has 124 valence electrons. The van der Waals surface area contributed by atoms with Crippen LogP contribution >= 0.6 is 11.8 Å². The molecule has 1 N–H and O–H groups in total. The number of aromatic nitrogens is 3. The van der Waals surface area contributed by atoms with Crippen LogP contribution in [0.15, 0.2) is 47.5 Å². The van der Waals surface area contributed by atoms with E-state index in [2.05, 4.69) is 15.5 Å². The van der Waals surface area contributed by atoms with Crippen molar-refractivity contribution in [3.8, 4) is 0 Å². The van der Waals surface area contributed by atoms with Crippen LogP contribution in [-0.2, 0) is 11.2 Å². The van der Waals surface area contributed by atoms with Gasteiger partial charge in [-0.15, -0.1) is 22.0 Å². The standard InChI is InChI=1S/C16H14F2N4OS/c17-12-5-4-11(9-13(12)18)24-10-16(23)19-7-6-15-21-20-14-3-1-2-8-22(14)15/h1-5,8-9H,6-7,10H2,(H,19,23). The van der Waals surface area contributed by atoms with Gasteiger partial charge < -0.3 is 5.32 Å². The summed E-state index contributed by atoms with van der Waals surface area (Å²) in [4.78, 5) is 12.3. The van der Waals surface area contributed by atoms with Gasteiger partial charge in [-0.05, 0) is 30.3 Å². The monoisotopic (exact) mass is 348 g/mol. The molecular weight excluding hydrogens is 334 g/mol. The summed E-state index contributed by atoms with van der Waals surface area (Å²) in [5, 5.41) is 10.9. The molecule has 0 fully saturated rings. The minimum atomic E-state index is -0.918. The second-order valence-corrected chi connectivity index (χ2v) is 6.06. The number of carbonyl (C=O) groups excluding carboxylic acids is 1. The molecule has 24 heavy (non-hydrogen) atoms. The Morgan fingerprint density at radius 1 is 1.17 bits per heavy atom. The number of nitrogens with zero attached hydrogens (tertiary/aromatic N) is 3. The average Bonchev–Trinajstić information content (AvgIpc) is 2.99. The third-order valence-corrected chi connectivity index (χ3v) is 4.31. The first kappa shape index (κ1) is 16.4. The molecule has 0 atom stereocenters. The highest BCUT2D eigenvalue weighted by molar-refractivity contribution is 8.00. The quantitative estimate of drug-likeness (QED) is 0.695. The smallest absolute Gasteiger partial charge is 0.230 e. The van der Waals surface area contributed by atoms with Gasteiger partial charge in [-0.3, -0.25) is 9.20 Å². The van der Waals surface area contributed by atoms with Gasteiger partial charge in [-0.1, -0.05) is 6.07 Å². The van der Waals surface area contributed by atoms with Crippen LogP contribution in [0.3, 0.4) is 0 Å². The summed E-state index contributed by atoms with van der Waals surface area (Å²) in [5.41, 5.74) is 0.757. The predicted octanol–water partition coefficient (Wildman–Crippen LogP) is 2.46. The van der Waals surface area contributed by atoms with Crippen LogP contribution in [0.4, 0.5) is 8.78 Å². The van der Waals surface area contributed by atoms with Crippen LogP contribution in [0, 0.1) is 11.6 Å². The van der Waals surface area contributed by atoms with E-state index in [0.717, 1.165) is 35.4 Å². The molecule has 0 radical (unpaired) electrons. The first-order valence-electron chi connectivity index (χ1n) is 7.26. The van der Waals surface area contributed by atoms with E-state index in [1.165, 1.54) is 6.07 Å². The highest BCUT2D eigenvalue weighted by atomic mass is 32.2. The van der Waals surface area contributed by atoms with E-state index in [-0.39, 0.29) is 11.7 Å². The lowest BCUT2D eigenvalue weighted by Gasteiger charge is -2.05. The van der Waals surface area contributed by atoms with Gasteiger partial charge in [0.1, 0.15) is 5.82 Å². The second kappa shape index (κ2) is 7.39. The van der Waals surface area contributed by atoms with Gasteiger partial charge in [0.05, 0.1) is 5.75 Å². The van der Waals surface area contributed by atoms with Gasteiger partial charge in [0.25, 0.3) is 0 Å². The lowest BCUT2D eigenvalue weighted by molar-refractivity contribution is -0.118. The number of rotatable bonds is 6. The molecule has 0 saturated carbocycles. The number of halogens is 2. The molecule has 0 bridgehead atoms. The minimum absolute atomic E-state index is 0.131. The maximum atomic E-state index is 13.1. The van der Waals surface area contributed by atoms with Gasteiger partial charge in [0.2, 0.25) is 5.91 Å². The predicted molar refractivity (Wildman–Crippen MR) is 86.8 cm³/mol. The zero-order valence-electron chi connectivity index (χ0n) is 12.6. The van der Waals surface area contributed by atoms with Crippen LogP contribution < -0.4 is 5.32 Å². The fraction of sp³-hybridized carbons (Fsp3) is 0.188. The van der Waals surface area contributed by atoms with Crippen LogP contribution in [-0.4, -0.2) is 32.8 Å². The zero-order chi connectivity index (χ0) is 16.9. The van der Waals surface area contributed by atoms with Crippen molar-refractivity contribution in [2.45, 2.75) is 11.3 Å². The SMILES string of the molecule is O=C(CSc1ccc(F)c(F)c1)NCCc1nnc2ccccn12. The first-order valence-corrected chi connectivity index (χ1v) is 8.25. The average molecular weight is 348 g/mol. The molecule has 0 aliphatic heterocycles. The molecule has 0 aliphatic carbocycles. The van der Waals surface area contributed by atoms with Crippen LogP contribution in [0.25, 0.3) is 5.65 Å². The highest BCUT2D eigenvalue weighted by Crippen LogP contribution is 2.20. The van der Waals surface area contributed by atoms with Crippen molar-refractivity contribution in [1.82, 2.24) is 19.9 Å². The topological polar surface area (TPSA) is 59.3 Å². The number of nitrogens with one attached hydrogen (secondary N) is 1. The Labute approximate surface area is 141 Å². The van der Waals surface area contributed by atoms with Gasteiger partial charge in [0, 0.05) is 24.1 Å². The Morgan fingerprint density at radius 2 is 2.04 bits per heavy atom. The summed E-state index contributed by atoms with van der Waals surface area (Å²) in [7, 11) is 0. The molecule has 2 heterocycles. The molecule has 0 aliphatic rings. The summed E-state index contributed by atoms with van der Waals surface area (Å²) in [6.07, 6.45) is 2.41.